The number of ether oxygens (including phenoxy) is 3. The van der Waals surface area contributed by atoms with E-state index < -0.39 is 0 Å². The molecule has 2 aromatic carbocycles. The summed E-state index contributed by atoms with van der Waals surface area (Å²) < 4.78 is 15.6. The van der Waals surface area contributed by atoms with Gasteiger partial charge in [0.2, 0.25) is 0 Å². The van der Waals surface area contributed by atoms with Crippen molar-refractivity contribution < 1.29 is 14.2 Å². The molecule has 1 radical (unpaired) electrons. The van der Waals surface area contributed by atoms with E-state index in [1.54, 1.807) is 21.3 Å². The van der Waals surface area contributed by atoms with Crippen molar-refractivity contribution in [1.29, 1.82) is 0 Å². The molecule has 0 N–H and O–H groups in total. The van der Waals surface area contributed by atoms with Crippen LogP contribution < -0.4 is 14.2 Å². The van der Waals surface area contributed by atoms with Crippen LogP contribution >= 0.6 is 0 Å². The number of fused-ring (bicyclic) bond motifs is 1. The summed E-state index contributed by atoms with van der Waals surface area (Å²) in [7, 11) is 4.85. The second kappa shape index (κ2) is 4.31. The van der Waals surface area contributed by atoms with Gasteiger partial charge >= 0.3 is 0 Å². The smallest absolute Gasteiger partial charge is 0.169 e. The van der Waals surface area contributed by atoms with E-state index in [0.29, 0.717) is 11.5 Å². The summed E-state index contributed by atoms with van der Waals surface area (Å²) >= 11 is 0. The Hall–Kier alpha value is -1.90. The number of hydrogen-bond donors (Lipinski definition) is 0. The molecule has 0 fully saturated rings. The minimum Gasteiger partial charge on any atom is -0.497 e. The Morgan fingerprint density at radius 1 is 0.938 bits per heavy atom. The topological polar surface area (TPSA) is 27.7 Å². The maximum atomic E-state index is 5.22. The van der Waals surface area contributed by atoms with Crippen molar-refractivity contribution in [3.8, 4) is 17.2 Å². The predicted molar refractivity (Wildman–Crippen MR) is 62.4 cm³/mol. The summed E-state index contributed by atoms with van der Waals surface area (Å²) in [5.74, 6) is 2.09. The Balaban J connectivity index is 2.63. The van der Waals surface area contributed by atoms with Gasteiger partial charge in [0, 0.05) is 6.07 Å². The first-order valence-corrected chi connectivity index (χ1v) is 4.90. The van der Waals surface area contributed by atoms with Crippen molar-refractivity contribution in [3.63, 3.8) is 0 Å². The first-order chi connectivity index (χ1) is 7.78. The Morgan fingerprint density at radius 2 is 1.75 bits per heavy atom. The van der Waals surface area contributed by atoms with Gasteiger partial charge in [-0.3, -0.25) is 0 Å². The highest BCUT2D eigenvalue weighted by atomic mass is 16.5. The lowest BCUT2D eigenvalue weighted by molar-refractivity contribution is 0.355. The molecule has 16 heavy (non-hydrogen) atoms. The van der Waals surface area contributed by atoms with E-state index >= 15 is 0 Å². The fourth-order valence-electron chi connectivity index (χ4n) is 1.59. The molecular formula is C13H13O3. The summed E-state index contributed by atoms with van der Waals surface area (Å²) in [5.41, 5.74) is 0. The minimum atomic E-state index is 0.611. The van der Waals surface area contributed by atoms with Gasteiger partial charge in [-0.2, -0.15) is 0 Å². The van der Waals surface area contributed by atoms with Crippen LogP contribution in [0.1, 0.15) is 0 Å². The van der Waals surface area contributed by atoms with Gasteiger partial charge in [0.25, 0.3) is 0 Å². The van der Waals surface area contributed by atoms with E-state index in [9.17, 15) is 0 Å². The van der Waals surface area contributed by atoms with Gasteiger partial charge in [-0.1, -0.05) is 0 Å². The Labute approximate surface area is 94.5 Å². The van der Waals surface area contributed by atoms with Crippen LogP contribution in [0.5, 0.6) is 17.2 Å². The summed E-state index contributed by atoms with van der Waals surface area (Å²) in [4.78, 5) is 0. The molecule has 83 valence electrons. The lowest BCUT2D eigenvalue weighted by Crippen LogP contribution is -1.91. The molecule has 0 spiro atoms. The fraction of sp³-hybridized carbons (Fsp3) is 0.231. The van der Waals surface area contributed by atoms with Crippen molar-refractivity contribution in [2.24, 2.45) is 0 Å². The van der Waals surface area contributed by atoms with Crippen molar-refractivity contribution in [3.05, 3.63) is 30.3 Å². The van der Waals surface area contributed by atoms with E-state index in [-0.39, 0.29) is 0 Å². The van der Waals surface area contributed by atoms with Gasteiger partial charge in [-0.05, 0) is 35.0 Å². The number of benzene rings is 2. The van der Waals surface area contributed by atoms with E-state index in [1.165, 1.54) is 0 Å². The highest BCUT2D eigenvalue weighted by molar-refractivity contribution is 5.86. The van der Waals surface area contributed by atoms with Crippen LogP contribution in [-0.4, -0.2) is 21.3 Å². The molecule has 0 aromatic heterocycles. The standard InChI is InChI=1S/C13H13O3/c1-14-11-5-4-9-7-12(15-2)13(16-3)8-10(9)6-11/h4-6,8H,1-3H3. The molecule has 0 heterocycles. The molecule has 0 aliphatic carbocycles. The lowest BCUT2D eigenvalue weighted by atomic mass is 10.1. The summed E-state index contributed by atoms with van der Waals surface area (Å²) in [6.45, 7) is 0. The monoisotopic (exact) mass is 217 g/mol. The zero-order valence-corrected chi connectivity index (χ0v) is 9.53. The van der Waals surface area contributed by atoms with E-state index in [0.717, 1.165) is 16.5 Å². The molecule has 0 atom stereocenters. The first kappa shape index (κ1) is 10.6. The molecule has 0 saturated heterocycles. The van der Waals surface area contributed by atoms with Crippen LogP contribution in [0.25, 0.3) is 10.8 Å². The van der Waals surface area contributed by atoms with Crippen LogP contribution in [0.15, 0.2) is 24.3 Å². The predicted octanol–water partition coefficient (Wildman–Crippen LogP) is 2.67. The zero-order valence-electron chi connectivity index (χ0n) is 9.53. The Kier molecular flexibility index (Phi) is 2.86. The highest BCUT2D eigenvalue weighted by Gasteiger charge is 2.06. The average molecular weight is 217 g/mol. The lowest BCUT2D eigenvalue weighted by Gasteiger charge is -2.09. The summed E-state index contributed by atoms with van der Waals surface area (Å²) in [5, 5.41) is 1.98. The quantitative estimate of drug-likeness (QED) is 0.791. The fourth-order valence-corrected chi connectivity index (χ4v) is 1.59. The Morgan fingerprint density at radius 3 is 2.38 bits per heavy atom. The van der Waals surface area contributed by atoms with Gasteiger partial charge in [0.15, 0.2) is 11.5 Å². The van der Waals surface area contributed by atoms with Crippen LogP contribution in [0.2, 0.25) is 0 Å². The highest BCUT2D eigenvalue weighted by Crippen LogP contribution is 2.32. The van der Waals surface area contributed by atoms with Crippen molar-refractivity contribution in [2.75, 3.05) is 21.3 Å². The molecule has 0 bridgehead atoms. The summed E-state index contributed by atoms with van der Waals surface area (Å²) in [6.07, 6.45) is 0. The largest absolute Gasteiger partial charge is 0.497 e. The third-order valence-electron chi connectivity index (χ3n) is 2.44. The van der Waals surface area contributed by atoms with Gasteiger partial charge < -0.3 is 14.2 Å². The Bertz CT molecular complexity index is 506. The average Bonchev–Trinajstić information content (AvgIpc) is 2.36. The molecule has 2 aromatic rings. The molecule has 0 aliphatic heterocycles. The molecule has 3 heteroatoms. The summed E-state index contributed by atoms with van der Waals surface area (Å²) in [6, 6.07) is 10.8. The third-order valence-corrected chi connectivity index (χ3v) is 2.44. The first-order valence-electron chi connectivity index (χ1n) is 4.90. The van der Waals surface area contributed by atoms with Crippen molar-refractivity contribution >= 4 is 10.8 Å². The van der Waals surface area contributed by atoms with Crippen LogP contribution in [-0.2, 0) is 0 Å². The number of hydrogen-bond acceptors (Lipinski definition) is 3. The molecule has 3 nitrogen and oxygen atoms in total. The molecule has 0 unspecified atom stereocenters. The second-order valence-electron chi connectivity index (χ2n) is 3.32. The molecular weight excluding hydrogens is 204 g/mol. The SMILES string of the molecule is COc1ccc2[c]c(OC)c(OC)cc2c1. The maximum absolute atomic E-state index is 5.22. The van der Waals surface area contributed by atoms with Gasteiger partial charge in [0.1, 0.15) is 5.75 Å². The van der Waals surface area contributed by atoms with Gasteiger partial charge in [-0.15, -0.1) is 0 Å². The normalized spacial score (nSPS) is 10.2. The molecule has 0 aliphatic rings. The van der Waals surface area contributed by atoms with E-state index in [2.05, 4.69) is 6.07 Å². The maximum Gasteiger partial charge on any atom is 0.169 e. The van der Waals surface area contributed by atoms with Crippen LogP contribution in [0.4, 0.5) is 0 Å². The zero-order chi connectivity index (χ0) is 11.5. The van der Waals surface area contributed by atoms with Crippen molar-refractivity contribution in [1.82, 2.24) is 0 Å². The van der Waals surface area contributed by atoms with Crippen molar-refractivity contribution in [2.45, 2.75) is 0 Å². The molecule has 2 rings (SSSR count). The minimum absolute atomic E-state index is 0.611. The number of methoxy groups -OCH3 is 3. The second-order valence-corrected chi connectivity index (χ2v) is 3.32. The van der Waals surface area contributed by atoms with E-state index in [4.69, 9.17) is 14.2 Å². The van der Waals surface area contributed by atoms with Gasteiger partial charge in [0.05, 0.1) is 21.3 Å². The van der Waals surface area contributed by atoms with E-state index in [1.807, 2.05) is 24.3 Å². The number of rotatable bonds is 3. The van der Waals surface area contributed by atoms with Crippen LogP contribution in [0.3, 0.4) is 0 Å². The van der Waals surface area contributed by atoms with Crippen LogP contribution in [0, 0.1) is 6.07 Å². The van der Waals surface area contributed by atoms with Gasteiger partial charge in [-0.25, -0.2) is 0 Å². The molecule has 0 amide bonds. The third kappa shape index (κ3) is 1.76. The molecule has 0 saturated carbocycles.